The number of carbonyl (C=O) groups excluding carboxylic acids is 11. The number of primary amides is 2. The molecule has 16 N–H and O–H groups in total. The van der Waals surface area contributed by atoms with Gasteiger partial charge in [0.1, 0.15) is 48.0 Å². The van der Waals surface area contributed by atoms with E-state index < -0.39 is 151 Å². The van der Waals surface area contributed by atoms with Crippen molar-refractivity contribution in [3.8, 4) is 5.75 Å². The zero-order chi connectivity index (χ0) is 56.8. The molecule has 1 aromatic rings. The summed E-state index contributed by atoms with van der Waals surface area (Å²) in [7, 11) is 3.30. The summed E-state index contributed by atoms with van der Waals surface area (Å²) in [4.78, 5) is 152. The number of benzene rings is 1. The van der Waals surface area contributed by atoms with Crippen LogP contribution in [0.4, 0.5) is 0 Å². The molecule has 26 nitrogen and oxygen atoms in total. The van der Waals surface area contributed by atoms with E-state index in [4.69, 9.17) is 17.2 Å². The van der Waals surface area contributed by atoms with E-state index in [1.807, 2.05) is 13.8 Å². The van der Waals surface area contributed by atoms with Crippen LogP contribution in [0.15, 0.2) is 24.3 Å². The van der Waals surface area contributed by atoms with Crippen LogP contribution in [0.1, 0.15) is 78.2 Å². The normalized spacial score (nSPS) is 23.3. The number of aliphatic hydroxyl groups is 2. The van der Waals surface area contributed by atoms with E-state index in [0.29, 0.717) is 18.4 Å². The molecule has 9 atom stereocenters. The number of likely N-dealkylation sites (tertiary alicyclic amines) is 1. The summed E-state index contributed by atoms with van der Waals surface area (Å²) in [6.07, 6.45) is -0.827. The van der Waals surface area contributed by atoms with Gasteiger partial charge in [0.25, 0.3) is 0 Å². The number of hydrogen-bond donors (Lipinski definition) is 13. The predicted molar refractivity (Wildman–Crippen MR) is 280 cm³/mol. The third-order valence-electron chi connectivity index (χ3n) is 12.8. The van der Waals surface area contributed by atoms with E-state index >= 15 is 0 Å². The predicted octanol–water partition coefficient (Wildman–Crippen LogP) is -4.03. The first-order chi connectivity index (χ1) is 35.9. The van der Waals surface area contributed by atoms with Gasteiger partial charge in [0.15, 0.2) is 0 Å². The number of nitrogens with two attached hydrogens (primary N) is 3. The topological polar surface area (TPSA) is 417 Å². The Morgan fingerprint density at radius 3 is 2.03 bits per heavy atom. The molecule has 2 saturated heterocycles. The van der Waals surface area contributed by atoms with Crippen LogP contribution in [0.25, 0.3) is 0 Å². The van der Waals surface area contributed by atoms with Crippen molar-refractivity contribution in [2.24, 2.45) is 35.0 Å². The van der Waals surface area contributed by atoms with Crippen molar-refractivity contribution >= 4 is 86.6 Å². The molecule has 2 aliphatic rings. The Morgan fingerprint density at radius 2 is 1.42 bits per heavy atom. The molecule has 0 bridgehead atoms. The molecule has 0 unspecified atom stereocenters. The molecule has 2 fully saturated rings. The molecule has 2 heterocycles. The minimum Gasteiger partial charge on any atom is -0.508 e. The Morgan fingerprint density at radius 1 is 0.803 bits per heavy atom. The summed E-state index contributed by atoms with van der Waals surface area (Å²) in [5.41, 5.74) is 17.9. The van der Waals surface area contributed by atoms with Crippen molar-refractivity contribution in [1.82, 2.24) is 47.0 Å². The van der Waals surface area contributed by atoms with Gasteiger partial charge in [-0.3, -0.25) is 52.7 Å². The highest BCUT2D eigenvalue weighted by Crippen LogP contribution is 2.28. The van der Waals surface area contributed by atoms with Crippen LogP contribution in [-0.4, -0.2) is 190 Å². The number of phenolic OH excluding ortho intramolecular Hbond substituents is 1. The second-order valence-electron chi connectivity index (χ2n) is 19.4. The van der Waals surface area contributed by atoms with Crippen molar-refractivity contribution in [3.63, 3.8) is 0 Å². The molecular weight excluding hydrogens is 1030 g/mol. The number of amides is 11. The van der Waals surface area contributed by atoms with Gasteiger partial charge in [-0.05, 0) is 55.2 Å². The zero-order valence-corrected chi connectivity index (χ0v) is 45.2. The first-order valence-corrected chi connectivity index (χ1v) is 27.6. The number of rotatable bonds is 21. The summed E-state index contributed by atoms with van der Waals surface area (Å²) < 4.78 is 0. The number of hydrogen-bond acceptors (Lipinski definition) is 17. The lowest BCUT2D eigenvalue weighted by atomic mass is 9.96. The maximum absolute atomic E-state index is 14.9. The van der Waals surface area contributed by atoms with Gasteiger partial charge in [-0.2, -0.15) is 0 Å². The summed E-state index contributed by atoms with van der Waals surface area (Å²) in [6, 6.07) is -5.20. The smallest absolute Gasteiger partial charge is 0.246 e. The average Bonchev–Trinajstić information content (AvgIpc) is 3.87. The molecule has 0 spiro atoms. The molecular formula is C48H76N12O14S2. The quantitative estimate of drug-likeness (QED) is 0.0521. The summed E-state index contributed by atoms with van der Waals surface area (Å²) in [5, 5.41) is 46.5. The molecule has 3 rings (SSSR count). The summed E-state index contributed by atoms with van der Waals surface area (Å²) in [6.45, 7) is 5.75. The second-order valence-corrected chi connectivity index (χ2v) is 21.9. The fraction of sp³-hybridized carbons (Fsp3) is 0.646. The SMILES string of the molecule is CC[C@H](C)[C@@H]1NC(=O)[C@H](Cc2ccc(O)cc2)NC(=O)[C@@H](N)CSSC[C@@H](C(=O)N2CCC[C@H]2C(=O)N[C@@H](CC(C)C)C(=O)NCC(=O)NCC(CO)CO)N(C)C(=O)[C@H](CC(N)=O)NC(=O)[C@H](CCC(N)=O)NC1=O. The van der Waals surface area contributed by atoms with E-state index in [-0.39, 0.29) is 68.7 Å². The molecule has 28 heteroatoms. The van der Waals surface area contributed by atoms with Crippen molar-refractivity contribution in [2.45, 2.75) is 127 Å². The lowest BCUT2D eigenvalue weighted by Gasteiger charge is -2.35. The first-order valence-electron chi connectivity index (χ1n) is 25.1. The number of phenols is 1. The van der Waals surface area contributed by atoms with Gasteiger partial charge in [0.05, 0.1) is 19.0 Å². The Balaban J connectivity index is 2.04. The van der Waals surface area contributed by atoms with Gasteiger partial charge in [-0.25, -0.2) is 0 Å². The average molecular weight is 1110 g/mol. The second kappa shape index (κ2) is 31.7. The van der Waals surface area contributed by atoms with Gasteiger partial charge in [0, 0.05) is 63.6 Å². The van der Waals surface area contributed by atoms with E-state index in [0.717, 1.165) is 26.5 Å². The highest BCUT2D eigenvalue weighted by atomic mass is 33.1. The largest absolute Gasteiger partial charge is 0.508 e. The molecule has 11 amide bonds. The fourth-order valence-electron chi connectivity index (χ4n) is 8.12. The highest BCUT2D eigenvalue weighted by molar-refractivity contribution is 8.76. The lowest BCUT2D eigenvalue weighted by molar-refractivity contribution is -0.148. The van der Waals surface area contributed by atoms with Gasteiger partial charge in [-0.1, -0.05) is 67.8 Å². The fourth-order valence-corrected chi connectivity index (χ4v) is 10.5. The Bertz CT molecular complexity index is 2210. The molecule has 0 saturated carbocycles. The van der Waals surface area contributed by atoms with E-state index in [9.17, 15) is 68.1 Å². The minimum atomic E-state index is -1.76. The Hall–Kier alpha value is -6.23. The van der Waals surface area contributed by atoms with Crippen LogP contribution in [-0.2, 0) is 59.2 Å². The molecule has 0 aromatic heterocycles. The summed E-state index contributed by atoms with van der Waals surface area (Å²) >= 11 is 0. The standard InChI is InChI=1S/C48H76N12O14S2/c1-6-26(4)40-46(72)54-31(13-14-37(50)64)43(69)57-34(18-38(51)65)47(73)59(5)36(24-76-75-23-30(49)41(67)55-33(44(70)58-40)17-27-9-11-29(63)12-10-27)48(74)60-15-7-8-35(60)45(71)56-32(16-25(2)3)42(68)53-20-39(66)52-19-28(21-61)22-62/h9-12,25-26,28,30-36,40,61-63H,6-8,13-24,49H2,1-5H3,(H2,50,64)(H2,51,65)(H,52,66)(H,53,68)(H,54,72)(H,55,67)(H,56,71)(H,57,69)(H,58,70)/t26-,30-,31-,32-,33-,34-,35-,36-,40-/m0/s1. The van der Waals surface area contributed by atoms with Crippen LogP contribution < -0.4 is 54.4 Å². The molecule has 1 aromatic carbocycles. The highest BCUT2D eigenvalue weighted by Gasteiger charge is 2.43. The van der Waals surface area contributed by atoms with Crippen molar-refractivity contribution in [2.75, 3.05) is 51.4 Å². The number of nitrogens with zero attached hydrogens (tertiary/aromatic N) is 2. The van der Waals surface area contributed by atoms with Gasteiger partial charge < -0.3 is 79.5 Å². The molecule has 0 aliphatic carbocycles. The summed E-state index contributed by atoms with van der Waals surface area (Å²) in [5.74, 6) is -10.9. The number of aromatic hydroxyl groups is 1. The monoisotopic (exact) mass is 1110 g/mol. The minimum absolute atomic E-state index is 0.0292. The Kier molecular flexibility index (Phi) is 26.7. The number of aliphatic hydroxyl groups excluding tert-OH is 2. The van der Waals surface area contributed by atoms with E-state index in [1.54, 1.807) is 13.8 Å². The van der Waals surface area contributed by atoms with Crippen molar-refractivity contribution < 1.29 is 68.1 Å². The first kappa shape index (κ1) is 64.1. The third-order valence-corrected chi connectivity index (χ3v) is 15.3. The lowest BCUT2D eigenvalue weighted by Crippen LogP contribution is -2.62. The van der Waals surface area contributed by atoms with Crippen LogP contribution in [0.2, 0.25) is 0 Å². The molecule has 2 aliphatic heterocycles. The van der Waals surface area contributed by atoms with Gasteiger partial charge in [0.2, 0.25) is 65.0 Å². The van der Waals surface area contributed by atoms with Crippen molar-refractivity contribution in [1.29, 1.82) is 0 Å². The number of nitrogens with one attached hydrogen (secondary N) is 7. The molecule has 76 heavy (non-hydrogen) atoms. The van der Waals surface area contributed by atoms with E-state index in [1.165, 1.54) is 36.2 Å². The van der Waals surface area contributed by atoms with Gasteiger partial charge in [-0.15, -0.1) is 0 Å². The third kappa shape index (κ3) is 20.4. The van der Waals surface area contributed by atoms with Crippen LogP contribution in [0, 0.1) is 17.8 Å². The van der Waals surface area contributed by atoms with Gasteiger partial charge >= 0.3 is 0 Å². The number of carbonyl (C=O) groups is 11. The maximum Gasteiger partial charge on any atom is 0.246 e. The number of likely N-dealkylation sites (N-methyl/N-ethyl adjacent to an activating group) is 1. The van der Waals surface area contributed by atoms with Crippen molar-refractivity contribution in [3.05, 3.63) is 29.8 Å². The maximum atomic E-state index is 14.9. The zero-order valence-electron chi connectivity index (χ0n) is 43.5. The van der Waals surface area contributed by atoms with Crippen LogP contribution in [0.5, 0.6) is 5.75 Å². The molecule has 0 radical (unpaired) electrons. The van der Waals surface area contributed by atoms with Crippen LogP contribution in [0.3, 0.4) is 0 Å². The molecule has 424 valence electrons. The van der Waals surface area contributed by atoms with Crippen LogP contribution >= 0.6 is 21.6 Å². The van der Waals surface area contributed by atoms with E-state index in [2.05, 4.69) is 37.2 Å². The Labute approximate surface area is 449 Å².